The highest BCUT2D eigenvalue weighted by Crippen LogP contribution is 2.29. The highest BCUT2D eigenvalue weighted by atomic mass is 16.5. The van der Waals surface area contributed by atoms with Crippen molar-refractivity contribution in [1.82, 2.24) is 5.32 Å². The highest BCUT2D eigenvalue weighted by Gasteiger charge is 2.28. The van der Waals surface area contributed by atoms with Crippen LogP contribution in [0.5, 0.6) is 5.75 Å². The van der Waals surface area contributed by atoms with Crippen molar-refractivity contribution < 1.29 is 23.8 Å². The molecule has 0 bridgehead atoms. The van der Waals surface area contributed by atoms with Gasteiger partial charge in [0.1, 0.15) is 17.4 Å². The van der Waals surface area contributed by atoms with Crippen LogP contribution in [0.15, 0.2) is 27.4 Å². The number of carboxylic acid groups (broad SMARTS) is 1. The van der Waals surface area contributed by atoms with Gasteiger partial charge in [0.05, 0.1) is 0 Å². The van der Waals surface area contributed by atoms with Crippen LogP contribution in [0, 0.1) is 5.92 Å². The fourth-order valence-electron chi connectivity index (χ4n) is 3.71. The van der Waals surface area contributed by atoms with Gasteiger partial charge in [-0.2, -0.15) is 0 Å². The van der Waals surface area contributed by atoms with Gasteiger partial charge in [-0.1, -0.05) is 20.3 Å². The van der Waals surface area contributed by atoms with Crippen molar-refractivity contribution >= 4 is 22.8 Å². The Hall–Kier alpha value is -2.83. The summed E-state index contributed by atoms with van der Waals surface area (Å²) in [5.74, 6) is -1.40. The fourth-order valence-corrected chi connectivity index (χ4v) is 3.71. The number of benzene rings is 1. The Bertz CT molecular complexity index is 979. The van der Waals surface area contributed by atoms with Crippen LogP contribution in [-0.4, -0.2) is 29.1 Å². The predicted octanol–water partition coefficient (Wildman–Crippen LogP) is 3.05. The maximum Gasteiger partial charge on any atom is 0.339 e. The Morgan fingerprint density at radius 2 is 1.90 bits per heavy atom. The number of nitrogens with one attached hydrogen (secondary N) is 1. The maximum absolute atomic E-state index is 12.4. The summed E-state index contributed by atoms with van der Waals surface area (Å²) in [5, 5.41) is 12.8. The summed E-state index contributed by atoms with van der Waals surface area (Å²) in [5.41, 5.74) is 1.92. The Morgan fingerprint density at radius 3 is 2.55 bits per heavy atom. The van der Waals surface area contributed by atoms with Crippen LogP contribution in [0.3, 0.4) is 0 Å². The molecular formula is C22H27NO6. The van der Waals surface area contributed by atoms with E-state index in [1.54, 1.807) is 26.0 Å². The summed E-state index contributed by atoms with van der Waals surface area (Å²) < 4.78 is 11.2. The van der Waals surface area contributed by atoms with Gasteiger partial charge in [-0.3, -0.25) is 4.79 Å². The molecule has 0 radical (unpaired) electrons. The monoisotopic (exact) mass is 401 g/mol. The number of aryl methyl sites for hydroxylation is 1. The van der Waals surface area contributed by atoms with E-state index >= 15 is 0 Å². The molecule has 0 saturated carbocycles. The zero-order valence-corrected chi connectivity index (χ0v) is 17.0. The molecule has 1 amide bonds. The van der Waals surface area contributed by atoms with E-state index < -0.39 is 24.0 Å². The van der Waals surface area contributed by atoms with Crippen molar-refractivity contribution in [1.29, 1.82) is 0 Å². The number of carbonyl (C=O) groups excluding carboxylic acids is 1. The van der Waals surface area contributed by atoms with Gasteiger partial charge < -0.3 is 19.6 Å². The molecule has 0 spiro atoms. The normalized spacial score (nSPS) is 16.5. The second kappa shape index (κ2) is 8.68. The minimum Gasteiger partial charge on any atom is -0.481 e. The first kappa shape index (κ1) is 20.9. The van der Waals surface area contributed by atoms with E-state index in [1.807, 2.05) is 13.0 Å². The van der Waals surface area contributed by atoms with E-state index in [2.05, 4.69) is 5.32 Å². The van der Waals surface area contributed by atoms with Crippen molar-refractivity contribution in [2.75, 3.05) is 0 Å². The molecule has 7 heteroatoms. The van der Waals surface area contributed by atoms with Crippen LogP contribution >= 0.6 is 0 Å². The molecule has 3 rings (SSSR count). The number of carboxylic acids is 1. The second-order valence-electron chi connectivity index (χ2n) is 7.68. The first-order valence-corrected chi connectivity index (χ1v) is 10.1. The third kappa shape index (κ3) is 4.44. The van der Waals surface area contributed by atoms with Gasteiger partial charge in [0.2, 0.25) is 0 Å². The number of hydrogen-bond donors (Lipinski definition) is 2. The number of carbonyl (C=O) groups is 2. The molecule has 156 valence electrons. The van der Waals surface area contributed by atoms with E-state index in [-0.39, 0.29) is 11.5 Å². The van der Waals surface area contributed by atoms with Gasteiger partial charge >= 0.3 is 11.6 Å². The molecule has 3 unspecified atom stereocenters. The van der Waals surface area contributed by atoms with Gasteiger partial charge in [-0.05, 0) is 56.2 Å². The Morgan fingerprint density at radius 1 is 1.21 bits per heavy atom. The van der Waals surface area contributed by atoms with E-state index in [4.69, 9.17) is 9.15 Å². The zero-order chi connectivity index (χ0) is 21.1. The van der Waals surface area contributed by atoms with Crippen LogP contribution in [0.4, 0.5) is 0 Å². The minimum atomic E-state index is -1.07. The van der Waals surface area contributed by atoms with Crippen LogP contribution in [0.25, 0.3) is 11.0 Å². The molecule has 0 fully saturated rings. The molecule has 2 aromatic rings. The number of amides is 1. The van der Waals surface area contributed by atoms with Crippen LogP contribution in [0.2, 0.25) is 0 Å². The standard InChI is InChI=1S/C22H27NO6/c1-4-12(2)19(21(25)26)23-20(24)13(3)28-14-9-10-16-15-7-5-6-8-17(15)22(27)29-18(16)11-14/h9-13,19H,4-8H2,1-3H3,(H,23,24)(H,25,26). The van der Waals surface area contributed by atoms with Crippen LogP contribution in [0.1, 0.15) is 51.2 Å². The number of rotatable bonds is 7. The summed E-state index contributed by atoms with van der Waals surface area (Å²) >= 11 is 0. The summed E-state index contributed by atoms with van der Waals surface area (Å²) in [6.45, 7) is 5.20. The first-order valence-electron chi connectivity index (χ1n) is 10.1. The number of hydrogen-bond acceptors (Lipinski definition) is 5. The summed E-state index contributed by atoms with van der Waals surface area (Å²) in [7, 11) is 0. The molecule has 1 aliphatic carbocycles. The lowest BCUT2D eigenvalue weighted by Gasteiger charge is -2.22. The second-order valence-corrected chi connectivity index (χ2v) is 7.68. The predicted molar refractivity (Wildman–Crippen MR) is 108 cm³/mol. The lowest BCUT2D eigenvalue weighted by atomic mass is 9.91. The van der Waals surface area contributed by atoms with E-state index in [0.29, 0.717) is 17.8 Å². The molecule has 1 aromatic heterocycles. The molecule has 3 atom stereocenters. The first-order chi connectivity index (χ1) is 13.8. The third-order valence-corrected chi connectivity index (χ3v) is 5.65. The summed E-state index contributed by atoms with van der Waals surface area (Å²) in [4.78, 5) is 36.1. The van der Waals surface area contributed by atoms with Gasteiger partial charge in [-0.15, -0.1) is 0 Å². The number of fused-ring (bicyclic) bond motifs is 3. The van der Waals surface area contributed by atoms with Gasteiger partial charge in [0.15, 0.2) is 6.10 Å². The Balaban J connectivity index is 1.78. The molecule has 1 heterocycles. The molecule has 29 heavy (non-hydrogen) atoms. The zero-order valence-electron chi connectivity index (χ0n) is 17.0. The Labute approximate surface area is 169 Å². The average Bonchev–Trinajstić information content (AvgIpc) is 2.71. The molecular weight excluding hydrogens is 374 g/mol. The molecule has 0 saturated heterocycles. The third-order valence-electron chi connectivity index (χ3n) is 5.65. The van der Waals surface area contributed by atoms with Gasteiger partial charge in [0.25, 0.3) is 5.91 Å². The molecule has 1 aliphatic rings. The van der Waals surface area contributed by atoms with E-state index in [1.165, 1.54) is 0 Å². The van der Waals surface area contributed by atoms with Gasteiger partial charge in [-0.25, -0.2) is 9.59 Å². The number of aliphatic carboxylic acids is 1. The van der Waals surface area contributed by atoms with Gasteiger partial charge in [0, 0.05) is 17.0 Å². The molecule has 1 aromatic carbocycles. The van der Waals surface area contributed by atoms with Crippen LogP contribution in [-0.2, 0) is 22.4 Å². The quantitative estimate of drug-likeness (QED) is 0.691. The summed E-state index contributed by atoms with van der Waals surface area (Å²) in [6, 6.07) is 4.23. The topological polar surface area (TPSA) is 106 Å². The average molecular weight is 401 g/mol. The molecule has 0 aliphatic heterocycles. The highest BCUT2D eigenvalue weighted by molar-refractivity contribution is 5.87. The van der Waals surface area contributed by atoms with Crippen molar-refractivity contribution in [3.05, 3.63) is 39.7 Å². The smallest absolute Gasteiger partial charge is 0.339 e. The largest absolute Gasteiger partial charge is 0.481 e. The molecule has 7 nitrogen and oxygen atoms in total. The lowest BCUT2D eigenvalue weighted by molar-refractivity contribution is -0.144. The van der Waals surface area contributed by atoms with Crippen molar-refractivity contribution in [2.24, 2.45) is 5.92 Å². The van der Waals surface area contributed by atoms with Crippen molar-refractivity contribution in [2.45, 2.75) is 65.0 Å². The lowest BCUT2D eigenvalue weighted by Crippen LogP contribution is -2.49. The van der Waals surface area contributed by atoms with E-state index in [9.17, 15) is 19.5 Å². The van der Waals surface area contributed by atoms with Crippen LogP contribution < -0.4 is 15.7 Å². The SMILES string of the molecule is CCC(C)C(NC(=O)C(C)Oc1ccc2c3c(c(=O)oc2c1)CCCC3)C(=O)O. The van der Waals surface area contributed by atoms with E-state index in [0.717, 1.165) is 42.2 Å². The maximum atomic E-state index is 12.4. The van der Waals surface area contributed by atoms with Crippen molar-refractivity contribution in [3.8, 4) is 5.75 Å². The van der Waals surface area contributed by atoms with Crippen molar-refractivity contribution in [3.63, 3.8) is 0 Å². The fraction of sp³-hybridized carbons (Fsp3) is 0.500. The number of ether oxygens (including phenoxy) is 1. The minimum absolute atomic E-state index is 0.204. The summed E-state index contributed by atoms with van der Waals surface area (Å²) in [6.07, 6.45) is 3.35. The molecule has 2 N–H and O–H groups in total. The Kier molecular flexibility index (Phi) is 6.25.